The van der Waals surface area contributed by atoms with Gasteiger partial charge in [-0.25, -0.2) is 4.79 Å². The van der Waals surface area contributed by atoms with Crippen LogP contribution < -0.4 is 11.1 Å². The van der Waals surface area contributed by atoms with Crippen molar-refractivity contribution in [3.05, 3.63) is 5.56 Å². The number of ether oxygens (including phenoxy) is 1. The van der Waals surface area contributed by atoms with E-state index in [4.69, 9.17) is 5.73 Å². The smallest absolute Gasteiger partial charge is 0.344 e. The number of esters is 1. The topological polar surface area (TPSA) is 77.2 Å². The fourth-order valence-electron chi connectivity index (χ4n) is 1.89. The molecule has 0 saturated heterocycles. The number of nitrogen functional groups attached to an aromatic ring is 1. The molecule has 17 heavy (non-hydrogen) atoms. The number of hydrogen-bond acceptors (Lipinski definition) is 6. The van der Waals surface area contributed by atoms with Crippen LogP contribution in [0.1, 0.15) is 36.0 Å². The maximum atomic E-state index is 11.5. The molecule has 0 amide bonds. The molecular weight excluding hydrogens is 238 g/mol. The number of rotatable bonds is 5. The number of methoxy groups -OCH3 is 1. The third-order valence-corrected chi connectivity index (χ3v) is 3.99. The lowest BCUT2D eigenvalue weighted by Crippen LogP contribution is -2.16. The minimum absolute atomic E-state index is 0.244. The van der Waals surface area contributed by atoms with E-state index in [2.05, 4.69) is 14.4 Å². The van der Waals surface area contributed by atoms with E-state index >= 15 is 0 Å². The Morgan fingerprint density at radius 3 is 3.00 bits per heavy atom. The molecule has 3 N–H and O–H groups in total. The molecule has 0 radical (unpaired) electrons. The average Bonchev–Trinajstić information content (AvgIpc) is 2.62. The second-order valence-electron chi connectivity index (χ2n) is 4.28. The Kier molecular flexibility index (Phi) is 3.83. The SMILES string of the molecule is COC(=O)c1c(N)nsc1NCCC1CCC1. The predicted molar refractivity (Wildman–Crippen MR) is 68.3 cm³/mol. The van der Waals surface area contributed by atoms with Crippen molar-refractivity contribution in [1.29, 1.82) is 0 Å². The summed E-state index contributed by atoms with van der Waals surface area (Å²) in [7, 11) is 1.34. The second kappa shape index (κ2) is 5.35. The highest BCUT2D eigenvalue weighted by molar-refractivity contribution is 7.11. The van der Waals surface area contributed by atoms with Crippen molar-refractivity contribution in [2.24, 2.45) is 5.92 Å². The minimum atomic E-state index is -0.428. The summed E-state index contributed by atoms with van der Waals surface area (Å²) >= 11 is 1.21. The normalized spacial score (nSPS) is 15.4. The number of nitrogens with two attached hydrogens (primary N) is 1. The molecule has 94 valence electrons. The van der Waals surface area contributed by atoms with Crippen LogP contribution in [0.4, 0.5) is 10.8 Å². The molecule has 1 fully saturated rings. The van der Waals surface area contributed by atoms with Crippen molar-refractivity contribution in [3.8, 4) is 0 Å². The summed E-state index contributed by atoms with van der Waals surface area (Å²) in [6, 6.07) is 0. The molecule has 1 aromatic heterocycles. The first-order valence-corrected chi connectivity index (χ1v) is 6.57. The van der Waals surface area contributed by atoms with E-state index in [1.165, 1.54) is 37.9 Å². The van der Waals surface area contributed by atoms with Gasteiger partial charge in [0.05, 0.1) is 7.11 Å². The van der Waals surface area contributed by atoms with Gasteiger partial charge in [0.15, 0.2) is 5.82 Å². The third-order valence-electron chi connectivity index (χ3n) is 3.17. The Labute approximate surface area is 105 Å². The first-order valence-electron chi connectivity index (χ1n) is 5.79. The van der Waals surface area contributed by atoms with Gasteiger partial charge in [0.25, 0.3) is 0 Å². The molecular formula is C11H17N3O2S. The summed E-state index contributed by atoms with van der Waals surface area (Å²) < 4.78 is 8.66. The molecule has 0 unspecified atom stereocenters. The van der Waals surface area contributed by atoms with Gasteiger partial charge >= 0.3 is 5.97 Å². The monoisotopic (exact) mass is 255 g/mol. The summed E-state index contributed by atoms with van der Waals surface area (Å²) in [5.41, 5.74) is 6.01. The maximum absolute atomic E-state index is 11.5. The zero-order valence-electron chi connectivity index (χ0n) is 9.86. The van der Waals surface area contributed by atoms with Crippen molar-refractivity contribution in [2.45, 2.75) is 25.7 Å². The van der Waals surface area contributed by atoms with Gasteiger partial charge in [-0.05, 0) is 23.9 Å². The van der Waals surface area contributed by atoms with Gasteiger partial charge in [-0.1, -0.05) is 19.3 Å². The highest BCUT2D eigenvalue weighted by Gasteiger charge is 2.21. The summed E-state index contributed by atoms with van der Waals surface area (Å²) in [6.45, 7) is 0.857. The van der Waals surface area contributed by atoms with Crippen LogP contribution in [-0.4, -0.2) is 24.0 Å². The second-order valence-corrected chi connectivity index (χ2v) is 5.05. The molecule has 1 heterocycles. The Hall–Kier alpha value is -1.30. The predicted octanol–water partition coefficient (Wildman–Crippen LogP) is 2.11. The largest absolute Gasteiger partial charge is 0.465 e. The van der Waals surface area contributed by atoms with Crippen molar-refractivity contribution < 1.29 is 9.53 Å². The van der Waals surface area contributed by atoms with Gasteiger partial charge in [0, 0.05) is 6.54 Å². The van der Waals surface area contributed by atoms with Crippen LogP contribution in [0.25, 0.3) is 0 Å². The van der Waals surface area contributed by atoms with E-state index in [0.717, 1.165) is 18.9 Å². The Balaban J connectivity index is 1.92. The summed E-state index contributed by atoms with van der Waals surface area (Å²) in [6.07, 6.45) is 5.15. The molecule has 0 bridgehead atoms. The third kappa shape index (κ3) is 2.69. The molecule has 0 spiro atoms. The molecule has 6 heteroatoms. The highest BCUT2D eigenvalue weighted by atomic mass is 32.1. The van der Waals surface area contributed by atoms with Crippen molar-refractivity contribution >= 4 is 28.3 Å². The van der Waals surface area contributed by atoms with Crippen molar-refractivity contribution in [1.82, 2.24) is 4.37 Å². The van der Waals surface area contributed by atoms with E-state index in [0.29, 0.717) is 10.6 Å². The zero-order valence-corrected chi connectivity index (χ0v) is 10.7. The number of hydrogen-bond donors (Lipinski definition) is 2. The lowest BCUT2D eigenvalue weighted by molar-refractivity contribution is 0.0603. The fraction of sp³-hybridized carbons (Fsp3) is 0.636. The fourth-order valence-corrected chi connectivity index (χ4v) is 2.62. The first-order chi connectivity index (χ1) is 8.22. The van der Waals surface area contributed by atoms with Gasteiger partial charge in [-0.3, -0.25) is 0 Å². The quantitative estimate of drug-likeness (QED) is 0.788. The van der Waals surface area contributed by atoms with Crippen LogP contribution in [0.15, 0.2) is 0 Å². The van der Waals surface area contributed by atoms with E-state index in [9.17, 15) is 4.79 Å². The zero-order chi connectivity index (χ0) is 12.3. The molecule has 0 atom stereocenters. The van der Waals surface area contributed by atoms with Gasteiger partial charge < -0.3 is 15.8 Å². The van der Waals surface area contributed by atoms with Crippen LogP contribution >= 0.6 is 11.5 Å². The molecule has 1 saturated carbocycles. The Bertz CT molecular complexity index is 401. The number of nitrogens with one attached hydrogen (secondary N) is 1. The van der Waals surface area contributed by atoms with Gasteiger partial charge in [0.1, 0.15) is 10.6 Å². The summed E-state index contributed by atoms with van der Waals surface area (Å²) in [5, 5.41) is 3.94. The Morgan fingerprint density at radius 2 is 2.41 bits per heavy atom. The number of anilines is 2. The lowest BCUT2D eigenvalue weighted by Gasteiger charge is -2.25. The molecule has 5 nitrogen and oxygen atoms in total. The van der Waals surface area contributed by atoms with E-state index < -0.39 is 5.97 Å². The van der Waals surface area contributed by atoms with Gasteiger partial charge in [0.2, 0.25) is 0 Å². The average molecular weight is 255 g/mol. The number of carbonyl (C=O) groups is 1. The molecule has 0 aliphatic heterocycles. The van der Waals surface area contributed by atoms with E-state index in [1.54, 1.807) is 0 Å². The van der Waals surface area contributed by atoms with Gasteiger partial charge in [-0.15, -0.1) is 0 Å². The van der Waals surface area contributed by atoms with Crippen LogP contribution in [0.2, 0.25) is 0 Å². The standard InChI is InChI=1S/C11H17N3O2S/c1-16-11(15)8-9(12)14-17-10(8)13-6-5-7-3-2-4-7/h7,13H,2-6H2,1H3,(H2,12,14). The molecule has 1 aliphatic carbocycles. The minimum Gasteiger partial charge on any atom is -0.465 e. The summed E-state index contributed by atoms with van der Waals surface area (Å²) in [4.78, 5) is 11.5. The molecule has 2 rings (SSSR count). The van der Waals surface area contributed by atoms with Crippen LogP contribution in [0, 0.1) is 5.92 Å². The van der Waals surface area contributed by atoms with Crippen molar-refractivity contribution in [2.75, 3.05) is 24.7 Å². The Morgan fingerprint density at radius 1 is 1.65 bits per heavy atom. The molecule has 1 aromatic rings. The molecule has 1 aliphatic rings. The number of nitrogens with zero attached hydrogens (tertiary/aromatic N) is 1. The van der Waals surface area contributed by atoms with Crippen LogP contribution in [-0.2, 0) is 4.74 Å². The number of aromatic nitrogens is 1. The van der Waals surface area contributed by atoms with Crippen molar-refractivity contribution in [3.63, 3.8) is 0 Å². The van der Waals surface area contributed by atoms with E-state index in [-0.39, 0.29) is 5.82 Å². The van der Waals surface area contributed by atoms with E-state index in [1.807, 2.05) is 0 Å². The first kappa shape index (κ1) is 12.2. The maximum Gasteiger partial charge on any atom is 0.344 e. The van der Waals surface area contributed by atoms with Gasteiger partial charge in [-0.2, -0.15) is 4.37 Å². The highest BCUT2D eigenvalue weighted by Crippen LogP contribution is 2.31. The van der Waals surface area contributed by atoms with Crippen LogP contribution in [0.5, 0.6) is 0 Å². The summed E-state index contributed by atoms with van der Waals surface area (Å²) in [5.74, 6) is 0.657. The number of carbonyl (C=O) groups excluding carboxylic acids is 1. The van der Waals surface area contributed by atoms with Crippen LogP contribution in [0.3, 0.4) is 0 Å². The lowest BCUT2D eigenvalue weighted by atomic mass is 9.83. The molecule has 0 aromatic carbocycles.